The summed E-state index contributed by atoms with van der Waals surface area (Å²) in [5.41, 5.74) is 7.51. The van der Waals surface area contributed by atoms with Crippen LogP contribution in [0.4, 0.5) is 4.39 Å². The Morgan fingerprint density at radius 3 is 2.29 bits per heavy atom. The van der Waals surface area contributed by atoms with Crippen molar-refractivity contribution in [1.82, 2.24) is 0 Å². The van der Waals surface area contributed by atoms with E-state index >= 15 is 0 Å². The second kappa shape index (κ2) is 3.70. The molecule has 0 saturated carbocycles. The number of aryl methyl sites for hydroxylation is 1. The van der Waals surface area contributed by atoms with E-state index in [1.54, 1.807) is 13.0 Å². The predicted octanol–water partition coefficient (Wildman–Crippen LogP) is 3.18. The van der Waals surface area contributed by atoms with E-state index in [4.69, 9.17) is 5.73 Å². The molecule has 0 aliphatic carbocycles. The maximum Gasteiger partial charge on any atom is 0.126 e. The summed E-state index contributed by atoms with van der Waals surface area (Å²) in [7, 11) is 0. The van der Waals surface area contributed by atoms with Gasteiger partial charge in [-0.05, 0) is 29.5 Å². The molecule has 14 heavy (non-hydrogen) atoms. The molecule has 0 radical (unpaired) electrons. The van der Waals surface area contributed by atoms with E-state index in [-0.39, 0.29) is 17.3 Å². The summed E-state index contributed by atoms with van der Waals surface area (Å²) < 4.78 is 13.3. The van der Waals surface area contributed by atoms with Crippen LogP contribution in [0, 0.1) is 18.2 Å². The highest BCUT2D eigenvalue weighted by molar-refractivity contribution is 5.26. The number of hydrogen-bond acceptors (Lipinski definition) is 1. The molecule has 1 nitrogen and oxygen atoms in total. The third kappa shape index (κ3) is 2.32. The molecule has 0 amide bonds. The van der Waals surface area contributed by atoms with Crippen LogP contribution in [0.1, 0.15) is 37.9 Å². The molecule has 0 saturated heterocycles. The average Bonchev–Trinajstić information content (AvgIpc) is 2.07. The van der Waals surface area contributed by atoms with Crippen LogP contribution in [-0.4, -0.2) is 0 Å². The average molecular weight is 195 g/mol. The highest BCUT2D eigenvalue weighted by Crippen LogP contribution is 2.30. The smallest absolute Gasteiger partial charge is 0.126 e. The van der Waals surface area contributed by atoms with Gasteiger partial charge in [0.15, 0.2) is 0 Å². The van der Waals surface area contributed by atoms with Crippen molar-refractivity contribution in [3.63, 3.8) is 0 Å². The molecule has 1 atom stereocenters. The summed E-state index contributed by atoms with van der Waals surface area (Å²) in [6, 6.07) is 5.08. The fraction of sp³-hybridized carbons (Fsp3) is 0.500. The molecule has 0 heterocycles. The summed E-state index contributed by atoms with van der Waals surface area (Å²) in [6.07, 6.45) is 0. The lowest BCUT2D eigenvalue weighted by Gasteiger charge is -2.27. The summed E-state index contributed by atoms with van der Waals surface area (Å²) >= 11 is 0. The first-order valence-electron chi connectivity index (χ1n) is 4.84. The van der Waals surface area contributed by atoms with E-state index < -0.39 is 0 Å². The minimum atomic E-state index is -0.179. The Labute approximate surface area is 85.1 Å². The first-order valence-corrected chi connectivity index (χ1v) is 4.84. The summed E-state index contributed by atoms with van der Waals surface area (Å²) in [4.78, 5) is 0. The Bertz CT molecular complexity index is 326. The fourth-order valence-corrected chi connectivity index (χ4v) is 1.30. The first-order chi connectivity index (χ1) is 6.32. The highest BCUT2D eigenvalue weighted by Gasteiger charge is 2.22. The zero-order valence-corrected chi connectivity index (χ0v) is 9.26. The van der Waals surface area contributed by atoms with Crippen LogP contribution in [0.3, 0.4) is 0 Å². The maximum absolute atomic E-state index is 13.3. The van der Waals surface area contributed by atoms with Gasteiger partial charge in [0, 0.05) is 6.04 Å². The van der Waals surface area contributed by atoms with Gasteiger partial charge in [0.1, 0.15) is 5.82 Å². The van der Waals surface area contributed by atoms with Gasteiger partial charge in [-0.15, -0.1) is 0 Å². The third-order valence-corrected chi connectivity index (χ3v) is 2.49. The molecule has 0 fully saturated rings. The molecule has 1 aromatic carbocycles. The SMILES string of the molecule is Cc1ccc([C@@H](N)C(C)(C)C)cc1F. The fourth-order valence-electron chi connectivity index (χ4n) is 1.30. The van der Waals surface area contributed by atoms with Crippen LogP contribution in [-0.2, 0) is 0 Å². The molecular weight excluding hydrogens is 177 g/mol. The number of hydrogen-bond donors (Lipinski definition) is 1. The lowest BCUT2D eigenvalue weighted by Crippen LogP contribution is -2.26. The van der Waals surface area contributed by atoms with Gasteiger partial charge in [0.2, 0.25) is 0 Å². The van der Waals surface area contributed by atoms with Crippen molar-refractivity contribution in [1.29, 1.82) is 0 Å². The Kier molecular flexibility index (Phi) is 2.95. The van der Waals surface area contributed by atoms with Crippen molar-refractivity contribution < 1.29 is 4.39 Å². The van der Waals surface area contributed by atoms with Gasteiger partial charge in [-0.3, -0.25) is 0 Å². The molecule has 0 unspecified atom stereocenters. The highest BCUT2D eigenvalue weighted by atomic mass is 19.1. The Hall–Kier alpha value is -0.890. The van der Waals surface area contributed by atoms with Crippen molar-refractivity contribution in [3.8, 4) is 0 Å². The van der Waals surface area contributed by atoms with Crippen LogP contribution in [0.5, 0.6) is 0 Å². The Balaban J connectivity index is 3.03. The largest absolute Gasteiger partial charge is 0.324 e. The van der Waals surface area contributed by atoms with E-state index in [2.05, 4.69) is 20.8 Å². The van der Waals surface area contributed by atoms with Crippen LogP contribution >= 0.6 is 0 Å². The number of halogens is 1. The van der Waals surface area contributed by atoms with Crippen molar-refractivity contribution in [2.24, 2.45) is 11.1 Å². The molecule has 0 spiro atoms. The van der Waals surface area contributed by atoms with Crippen LogP contribution in [0.15, 0.2) is 18.2 Å². The van der Waals surface area contributed by atoms with E-state index in [1.165, 1.54) is 6.07 Å². The zero-order chi connectivity index (χ0) is 10.9. The van der Waals surface area contributed by atoms with Crippen LogP contribution in [0.2, 0.25) is 0 Å². The van der Waals surface area contributed by atoms with Gasteiger partial charge in [-0.25, -0.2) is 4.39 Å². The molecular formula is C12H18FN. The van der Waals surface area contributed by atoms with Crippen molar-refractivity contribution in [3.05, 3.63) is 35.1 Å². The van der Waals surface area contributed by atoms with E-state index in [0.717, 1.165) is 5.56 Å². The second-order valence-corrected chi connectivity index (χ2v) is 4.85. The van der Waals surface area contributed by atoms with Gasteiger partial charge >= 0.3 is 0 Å². The summed E-state index contributed by atoms with van der Waals surface area (Å²) in [6.45, 7) is 7.90. The molecule has 0 aliphatic heterocycles. The Morgan fingerprint density at radius 1 is 1.29 bits per heavy atom. The minimum Gasteiger partial charge on any atom is -0.324 e. The molecule has 0 aromatic heterocycles. The summed E-state index contributed by atoms with van der Waals surface area (Å²) in [5, 5.41) is 0. The second-order valence-electron chi connectivity index (χ2n) is 4.85. The quantitative estimate of drug-likeness (QED) is 0.731. The predicted molar refractivity (Wildman–Crippen MR) is 57.5 cm³/mol. The summed E-state index contributed by atoms with van der Waals surface area (Å²) in [5.74, 6) is -0.179. The first kappa shape index (κ1) is 11.2. The van der Waals surface area contributed by atoms with Crippen molar-refractivity contribution in [2.45, 2.75) is 33.7 Å². The zero-order valence-electron chi connectivity index (χ0n) is 9.26. The molecule has 1 rings (SSSR count). The topological polar surface area (TPSA) is 26.0 Å². The van der Waals surface area contributed by atoms with Gasteiger partial charge < -0.3 is 5.73 Å². The molecule has 0 aliphatic rings. The van der Waals surface area contributed by atoms with Crippen molar-refractivity contribution >= 4 is 0 Å². The molecule has 0 bridgehead atoms. The number of nitrogens with two attached hydrogens (primary N) is 1. The van der Waals surface area contributed by atoms with Gasteiger partial charge in [0.05, 0.1) is 0 Å². The monoisotopic (exact) mass is 195 g/mol. The normalized spacial score (nSPS) is 14.1. The minimum absolute atomic E-state index is 0.0400. The van der Waals surface area contributed by atoms with Crippen LogP contribution in [0.25, 0.3) is 0 Å². The van der Waals surface area contributed by atoms with E-state index in [9.17, 15) is 4.39 Å². The lowest BCUT2D eigenvalue weighted by atomic mass is 9.83. The van der Waals surface area contributed by atoms with Crippen LogP contribution < -0.4 is 5.73 Å². The van der Waals surface area contributed by atoms with Gasteiger partial charge in [-0.2, -0.15) is 0 Å². The molecule has 2 heteroatoms. The molecule has 1 aromatic rings. The lowest BCUT2D eigenvalue weighted by molar-refractivity contribution is 0.326. The Morgan fingerprint density at radius 2 is 1.86 bits per heavy atom. The third-order valence-electron chi connectivity index (χ3n) is 2.49. The molecule has 78 valence electrons. The van der Waals surface area contributed by atoms with Gasteiger partial charge in [-0.1, -0.05) is 32.9 Å². The number of benzene rings is 1. The molecule has 2 N–H and O–H groups in total. The van der Waals surface area contributed by atoms with Gasteiger partial charge in [0.25, 0.3) is 0 Å². The van der Waals surface area contributed by atoms with Crippen molar-refractivity contribution in [2.75, 3.05) is 0 Å². The standard InChI is InChI=1S/C12H18FN/c1-8-5-6-9(7-10(8)13)11(14)12(2,3)4/h5-7,11H,14H2,1-4H3/t11-/m1/s1. The van der Waals surface area contributed by atoms with E-state index in [1.807, 2.05) is 6.07 Å². The van der Waals surface area contributed by atoms with E-state index in [0.29, 0.717) is 5.56 Å². The number of rotatable bonds is 1. The maximum atomic E-state index is 13.3.